The highest BCUT2D eigenvalue weighted by Crippen LogP contribution is 2.32. The molecule has 0 atom stereocenters. The molecule has 23 heavy (non-hydrogen) atoms. The largest absolute Gasteiger partial charge is 0.420 e. The van der Waals surface area contributed by atoms with E-state index in [0.29, 0.717) is 21.7 Å². The Morgan fingerprint density at radius 1 is 0.739 bits per heavy atom. The van der Waals surface area contributed by atoms with Gasteiger partial charge in [-0.05, 0) is 29.7 Å². The average molecular weight is 322 g/mol. The van der Waals surface area contributed by atoms with E-state index in [9.17, 15) is 4.79 Å². The van der Waals surface area contributed by atoms with Gasteiger partial charge in [0, 0.05) is 5.39 Å². The Morgan fingerprint density at radius 3 is 2.22 bits per heavy atom. The maximum atomic E-state index is 12.2. The van der Waals surface area contributed by atoms with Gasteiger partial charge < -0.3 is 9.73 Å². The number of rotatable bonds is 2. The Balaban J connectivity index is 1.98. The van der Waals surface area contributed by atoms with E-state index in [4.69, 9.17) is 16.0 Å². The molecule has 112 valence electrons. The first-order valence-corrected chi connectivity index (χ1v) is 7.58. The van der Waals surface area contributed by atoms with Gasteiger partial charge in [0.05, 0.1) is 21.8 Å². The quantitative estimate of drug-likeness (QED) is 0.400. The Kier molecular flexibility index (Phi) is 3.28. The van der Waals surface area contributed by atoms with Crippen LogP contribution in [0, 0.1) is 0 Å². The number of hydrogen-bond acceptors (Lipinski definition) is 3. The first-order chi connectivity index (χ1) is 11.2. The zero-order valence-electron chi connectivity index (χ0n) is 12.0. The highest BCUT2D eigenvalue weighted by Gasteiger charge is 2.11. The monoisotopic (exact) mass is 321 g/mol. The van der Waals surface area contributed by atoms with Gasteiger partial charge in [-0.2, -0.15) is 0 Å². The van der Waals surface area contributed by atoms with Crippen molar-refractivity contribution in [3.63, 3.8) is 0 Å². The summed E-state index contributed by atoms with van der Waals surface area (Å²) >= 11 is 6.20. The number of nitrogens with one attached hydrogen (secondary N) is 1. The van der Waals surface area contributed by atoms with Crippen LogP contribution in [0.1, 0.15) is 0 Å². The standard InChI is InChI=1S/C19H12ClNO2/c20-15-9-3-4-10-16(15)21-17-11-5-8-13-12-6-1-2-7-14(12)19(22)23-18(13)17/h1-11,21H. The molecule has 0 bridgehead atoms. The number of benzene rings is 3. The van der Waals surface area contributed by atoms with Crippen LogP contribution in [-0.2, 0) is 0 Å². The zero-order valence-corrected chi connectivity index (χ0v) is 12.8. The molecule has 4 aromatic rings. The molecular formula is C19H12ClNO2. The molecule has 0 amide bonds. The van der Waals surface area contributed by atoms with Gasteiger partial charge >= 0.3 is 5.63 Å². The molecule has 3 nitrogen and oxygen atoms in total. The summed E-state index contributed by atoms with van der Waals surface area (Å²) in [6, 6.07) is 20.6. The van der Waals surface area contributed by atoms with E-state index in [0.717, 1.165) is 16.5 Å². The molecule has 0 saturated heterocycles. The van der Waals surface area contributed by atoms with Gasteiger partial charge in [0.15, 0.2) is 5.58 Å². The summed E-state index contributed by atoms with van der Waals surface area (Å²) in [6.45, 7) is 0. The summed E-state index contributed by atoms with van der Waals surface area (Å²) in [6.07, 6.45) is 0. The summed E-state index contributed by atoms with van der Waals surface area (Å²) < 4.78 is 5.56. The van der Waals surface area contributed by atoms with Crippen LogP contribution in [0.3, 0.4) is 0 Å². The Hall–Kier alpha value is -2.78. The average Bonchev–Trinajstić information content (AvgIpc) is 2.58. The van der Waals surface area contributed by atoms with E-state index in [1.807, 2.05) is 54.6 Å². The highest BCUT2D eigenvalue weighted by molar-refractivity contribution is 6.33. The lowest BCUT2D eigenvalue weighted by Crippen LogP contribution is -2.01. The maximum Gasteiger partial charge on any atom is 0.344 e. The molecule has 0 radical (unpaired) electrons. The molecule has 1 aromatic heterocycles. The smallest absolute Gasteiger partial charge is 0.344 e. The van der Waals surface area contributed by atoms with Gasteiger partial charge in [-0.25, -0.2) is 4.79 Å². The normalized spacial score (nSPS) is 11.0. The Labute approximate surface area is 137 Å². The molecule has 3 aromatic carbocycles. The zero-order chi connectivity index (χ0) is 15.8. The Morgan fingerprint density at radius 2 is 1.39 bits per heavy atom. The fraction of sp³-hybridized carbons (Fsp3) is 0. The van der Waals surface area contributed by atoms with Crippen LogP contribution in [0.5, 0.6) is 0 Å². The molecule has 0 aliphatic carbocycles. The molecule has 0 aliphatic heterocycles. The van der Waals surface area contributed by atoms with Crippen LogP contribution in [-0.4, -0.2) is 0 Å². The number of hydrogen-bond donors (Lipinski definition) is 1. The summed E-state index contributed by atoms with van der Waals surface area (Å²) in [5.74, 6) is 0. The van der Waals surface area contributed by atoms with Crippen LogP contribution >= 0.6 is 11.6 Å². The lowest BCUT2D eigenvalue weighted by Gasteiger charge is -2.11. The van der Waals surface area contributed by atoms with E-state index in [1.54, 1.807) is 12.1 Å². The third-order valence-corrected chi connectivity index (χ3v) is 4.12. The van der Waals surface area contributed by atoms with E-state index < -0.39 is 0 Å². The molecular weight excluding hydrogens is 310 g/mol. The number of para-hydroxylation sites is 2. The van der Waals surface area contributed by atoms with Gasteiger partial charge in [-0.15, -0.1) is 0 Å². The first kappa shape index (κ1) is 13.9. The van der Waals surface area contributed by atoms with E-state index in [2.05, 4.69) is 5.32 Å². The van der Waals surface area contributed by atoms with Crippen molar-refractivity contribution in [2.24, 2.45) is 0 Å². The second-order valence-corrected chi connectivity index (χ2v) is 5.63. The van der Waals surface area contributed by atoms with Crippen molar-refractivity contribution < 1.29 is 4.42 Å². The van der Waals surface area contributed by atoms with Crippen LogP contribution in [0.15, 0.2) is 75.9 Å². The third-order valence-electron chi connectivity index (χ3n) is 3.79. The molecule has 0 saturated carbocycles. The van der Waals surface area contributed by atoms with Crippen LogP contribution in [0.2, 0.25) is 5.02 Å². The topological polar surface area (TPSA) is 42.2 Å². The molecule has 0 aliphatic rings. The summed E-state index contributed by atoms with van der Waals surface area (Å²) in [4.78, 5) is 12.2. The van der Waals surface area contributed by atoms with Crippen molar-refractivity contribution in [1.82, 2.24) is 0 Å². The number of halogens is 1. The summed E-state index contributed by atoms with van der Waals surface area (Å²) in [5.41, 5.74) is 1.65. The predicted octanol–water partition coefficient (Wildman–Crippen LogP) is 5.34. The van der Waals surface area contributed by atoms with Crippen LogP contribution in [0.25, 0.3) is 21.7 Å². The number of anilines is 2. The minimum atomic E-state index is -0.346. The fourth-order valence-corrected chi connectivity index (χ4v) is 2.89. The minimum absolute atomic E-state index is 0.346. The van der Waals surface area contributed by atoms with Crippen LogP contribution < -0.4 is 10.9 Å². The summed E-state index contributed by atoms with van der Waals surface area (Å²) in [5, 5.41) is 6.19. The summed E-state index contributed by atoms with van der Waals surface area (Å²) in [7, 11) is 0. The second kappa shape index (κ2) is 5.45. The van der Waals surface area contributed by atoms with Gasteiger partial charge in [0.2, 0.25) is 0 Å². The van der Waals surface area contributed by atoms with Crippen molar-refractivity contribution in [3.8, 4) is 0 Å². The third kappa shape index (κ3) is 2.35. The van der Waals surface area contributed by atoms with Gasteiger partial charge in [0.1, 0.15) is 0 Å². The second-order valence-electron chi connectivity index (χ2n) is 5.22. The van der Waals surface area contributed by atoms with Gasteiger partial charge in [0.25, 0.3) is 0 Å². The molecule has 4 heteroatoms. The molecule has 0 unspecified atom stereocenters. The minimum Gasteiger partial charge on any atom is -0.420 e. The van der Waals surface area contributed by atoms with Gasteiger partial charge in [-0.3, -0.25) is 0 Å². The molecule has 0 spiro atoms. The van der Waals surface area contributed by atoms with Crippen molar-refractivity contribution in [2.75, 3.05) is 5.32 Å². The lowest BCUT2D eigenvalue weighted by molar-refractivity contribution is 0.571. The first-order valence-electron chi connectivity index (χ1n) is 7.20. The predicted molar refractivity (Wildman–Crippen MR) is 94.7 cm³/mol. The van der Waals surface area contributed by atoms with E-state index in [1.165, 1.54) is 0 Å². The molecule has 1 N–H and O–H groups in total. The van der Waals surface area contributed by atoms with Crippen molar-refractivity contribution >= 4 is 44.7 Å². The lowest BCUT2D eigenvalue weighted by atomic mass is 10.1. The fourth-order valence-electron chi connectivity index (χ4n) is 2.71. The van der Waals surface area contributed by atoms with Gasteiger partial charge in [-0.1, -0.05) is 54.1 Å². The van der Waals surface area contributed by atoms with E-state index in [-0.39, 0.29) is 5.63 Å². The van der Waals surface area contributed by atoms with Crippen LogP contribution in [0.4, 0.5) is 11.4 Å². The maximum absolute atomic E-state index is 12.2. The number of fused-ring (bicyclic) bond motifs is 3. The van der Waals surface area contributed by atoms with Crippen molar-refractivity contribution in [1.29, 1.82) is 0 Å². The van der Waals surface area contributed by atoms with Crippen molar-refractivity contribution in [3.05, 3.63) is 82.2 Å². The SMILES string of the molecule is O=c1oc2c(Nc3ccccc3Cl)cccc2c2ccccc12. The van der Waals surface area contributed by atoms with Crippen molar-refractivity contribution in [2.45, 2.75) is 0 Å². The molecule has 1 heterocycles. The Bertz CT molecular complexity index is 1090. The highest BCUT2D eigenvalue weighted by atomic mass is 35.5. The van der Waals surface area contributed by atoms with E-state index >= 15 is 0 Å². The molecule has 0 fully saturated rings. The molecule has 4 rings (SSSR count).